The molecular weight excluding hydrogens is 256 g/mol. The molecular formula is C14H20N4O2. The van der Waals surface area contributed by atoms with E-state index in [0.717, 1.165) is 5.56 Å². The number of hydrazine groups is 1. The van der Waals surface area contributed by atoms with Crippen molar-refractivity contribution in [2.24, 2.45) is 5.84 Å². The number of rotatable bonds is 2. The van der Waals surface area contributed by atoms with Crippen LogP contribution in [0.4, 0.5) is 5.69 Å². The van der Waals surface area contributed by atoms with Crippen molar-refractivity contribution in [2.75, 3.05) is 18.5 Å². The molecule has 0 atom stereocenters. The standard InChI is InChI=1S/C14H20N4O2/c1-9-4-5-11(17-15)10(8-9)12(19)18-7-6-16-13(20)14(18,2)3/h4-5,8,17H,6-7,15H2,1-3H3,(H,16,20). The predicted molar refractivity (Wildman–Crippen MR) is 77.1 cm³/mol. The second-order valence-corrected chi connectivity index (χ2v) is 5.47. The number of hydrogen-bond acceptors (Lipinski definition) is 4. The van der Waals surface area contributed by atoms with Crippen molar-refractivity contribution in [2.45, 2.75) is 26.3 Å². The maximum absolute atomic E-state index is 12.7. The van der Waals surface area contributed by atoms with Crippen LogP contribution in [0.15, 0.2) is 18.2 Å². The Morgan fingerprint density at radius 3 is 2.80 bits per heavy atom. The molecule has 4 N–H and O–H groups in total. The van der Waals surface area contributed by atoms with Crippen LogP contribution in [0.1, 0.15) is 29.8 Å². The molecule has 0 aromatic heterocycles. The molecule has 1 saturated heterocycles. The maximum atomic E-state index is 12.7. The summed E-state index contributed by atoms with van der Waals surface area (Å²) in [6, 6.07) is 5.42. The van der Waals surface area contributed by atoms with E-state index < -0.39 is 5.54 Å². The molecule has 0 unspecified atom stereocenters. The molecule has 1 heterocycles. The zero-order valence-electron chi connectivity index (χ0n) is 12.0. The number of aryl methyl sites for hydroxylation is 1. The molecule has 2 rings (SSSR count). The second kappa shape index (κ2) is 5.13. The van der Waals surface area contributed by atoms with Crippen LogP contribution in [0.5, 0.6) is 0 Å². The third-order valence-electron chi connectivity index (χ3n) is 3.66. The van der Waals surface area contributed by atoms with Gasteiger partial charge < -0.3 is 15.6 Å². The summed E-state index contributed by atoms with van der Waals surface area (Å²) in [4.78, 5) is 26.3. The van der Waals surface area contributed by atoms with E-state index in [1.54, 1.807) is 30.9 Å². The summed E-state index contributed by atoms with van der Waals surface area (Å²) >= 11 is 0. The van der Waals surface area contributed by atoms with Crippen LogP contribution in [-0.2, 0) is 4.79 Å². The summed E-state index contributed by atoms with van der Waals surface area (Å²) in [5.74, 6) is 5.12. The third-order valence-corrected chi connectivity index (χ3v) is 3.66. The summed E-state index contributed by atoms with van der Waals surface area (Å²) in [6.07, 6.45) is 0. The molecule has 1 aliphatic rings. The van der Waals surface area contributed by atoms with Gasteiger partial charge in [-0.05, 0) is 32.9 Å². The number of nitrogens with zero attached hydrogens (tertiary/aromatic N) is 1. The molecule has 20 heavy (non-hydrogen) atoms. The van der Waals surface area contributed by atoms with E-state index in [2.05, 4.69) is 10.7 Å². The molecule has 0 spiro atoms. The van der Waals surface area contributed by atoms with Gasteiger partial charge in [-0.3, -0.25) is 15.4 Å². The SMILES string of the molecule is Cc1ccc(NN)c(C(=O)N2CCNC(=O)C2(C)C)c1. The molecule has 108 valence electrons. The minimum Gasteiger partial charge on any atom is -0.352 e. The van der Waals surface area contributed by atoms with Gasteiger partial charge in [-0.15, -0.1) is 0 Å². The molecule has 0 bridgehead atoms. The van der Waals surface area contributed by atoms with Gasteiger partial charge in [0, 0.05) is 13.1 Å². The van der Waals surface area contributed by atoms with E-state index in [1.165, 1.54) is 0 Å². The fourth-order valence-corrected chi connectivity index (χ4v) is 2.36. The van der Waals surface area contributed by atoms with Crippen LogP contribution in [0.25, 0.3) is 0 Å². The first-order valence-corrected chi connectivity index (χ1v) is 6.55. The van der Waals surface area contributed by atoms with Crippen LogP contribution in [-0.4, -0.2) is 35.3 Å². The molecule has 1 fully saturated rings. The highest BCUT2D eigenvalue weighted by Gasteiger charge is 2.41. The Labute approximate surface area is 118 Å². The number of carbonyl (C=O) groups excluding carboxylic acids is 2. The summed E-state index contributed by atoms with van der Waals surface area (Å²) < 4.78 is 0. The molecule has 0 aliphatic carbocycles. The zero-order valence-corrected chi connectivity index (χ0v) is 12.0. The van der Waals surface area contributed by atoms with E-state index in [4.69, 9.17) is 5.84 Å². The number of anilines is 1. The Balaban J connectivity index is 2.40. The smallest absolute Gasteiger partial charge is 0.256 e. The third kappa shape index (κ3) is 2.34. The Hall–Kier alpha value is -2.08. The number of nitrogens with one attached hydrogen (secondary N) is 2. The van der Waals surface area contributed by atoms with Gasteiger partial charge in [0.05, 0.1) is 11.3 Å². The molecule has 2 amide bonds. The highest BCUT2D eigenvalue weighted by atomic mass is 16.2. The Kier molecular flexibility index (Phi) is 3.67. The molecule has 6 heteroatoms. The highest BCUT2D eigenvalue weighted by Crippen LogP contribution is 2.24. The largest absolute Gasteiger partial charge is 0.352 e. The van der Waals surface area contributed by atoms with Gasteiger partial charge in [-0.2, -0.15) is 0 Å². The van der Waals surface area contributed by atoms with Gasteiger partial charge in [0.25, 0.3) is 5.91 Å². The highest BCUT2D eigenvalue weighted by molar-refractivity contribution is 6.03. The van der Waals surface area contributed by atoms with Crippen LogP contribution < -0.4 is 16.6 Å². The first kappa shape index (κ1) is 14.3. The molecule has 1 aliphatic heterocycles. The Morgan fingerprint density at radius 1 is 1.45 bits per heavy atom. The van der Waals surface area contributed by atoms with Gasteiger partial charge in [-0.1, -0.05) is 11.6 Å². The molecule has 1 aromatic rings. The normalized spacial score (nSPS) is 17.6. The average Bonchev–Trinajstić information content (AvgIpc) is 2.41. The number of amides is 2. The van der Waals surface area contributed by atoms with E-state index in [1.807, 2.05) is 13.0 Å². The lowest BCUT2D eigenvalue weighted by atomic mass is 9.97. The summed E-state index contributed by atoms with van der Waals surface area (Å²) in [7, 11) is 0. The quantitative estimate of drug-likeness (QED) is 0.546. The fourth-order valence-electron chi connectivity index (χ4n) is 2.36. The van der Waals surface area contributed by atoms with E-state index in [0.29, 0.717) is 24.3 Å². The average molecular weight is 276 g/mol. The van der Waals surface area contributed by atoms with Crippen molar-refractivity contribution in [1.29, 1.82) is 0 Å². The van der Waals surface area contributed by atoms with Gasteiger partial charge in [0.1, 0.15) is 5.54 Å². The van der Waals surface area contributed by atoms with Gasteiger partial charge in [0.15, 0.2) is 0 Å². The Morgan fingerprint density at radius 2 is 2.15 bits per heavy atom. The zero-order chi connectivity index (χ0) is 14.9. The molecule has 6 nitrogen and oxygen atoms in total. The second-order valence-electron chi connectivity index (χ2n) is 5.47. The molecule has 0 saturated carbocycles. The number of benzene rings is 1. The lowest BCUT2D eigenvalue weighted by molar-refractivity contribution is -0.133. The van der Waals surface area contributed by atoms with E-state index >= 15 is 0 Å². The van der Waals surface area contributed by atoms with Crippen molar-refractivity contribution in [3.63, 3.8) is 0 Å². The molecule has 0 radical (unpaired) electrons. The number of piperazine rings is 1. The van der Waals surface area contributed by atoms with Crippen molar-refractivity contribution in [3.8, 4) is 0 Å². The van der Waals surface area contributed by atoms with Gasteiger partial charge in [0.2, 0.25) is 5.91 Å². The van der Waals surface area contributed by atoms with Gasteiger partial charge in [-0.25, -0.2) is 0 Å². The lowest BCUT2D eigenvalue weighted by Gasteiger charge is -2.41. The summed E-state index contributed by atoms with van der Waals surface area (Å²) in [5.41, 5.74) is 3.67. The fraction of sp³-hybridized carbons (Fsp3) is 0.429. The van der Waals surface area contributed by atoms with Crippen molar-refractivity contribution >= 4 is 17.5 Å². The first-order valence-electron chi connectivity index (χ1n) is 6.55. The minimum absolute atomic E-state index is 0.146. The number of nitrogen functional groups attached to an aromatic ring is 1. The van der Waals surface area contributed by atoms with E-state index in [-0.39, 0.29) is 11.8 Å². The topological polar surface area (TPSA) is 87.5 Å². The van der Waals surface area contributed by atoms with Crippen LogP contribution in [0.2, 0.25) is 0 Å². The first-order chi connectivity index (χ1) is 9.37. The monoisotopic (exact) mass is 276 g/mol. The van der Waals surface area contributed by atoms with Crippen molar-refractivity contribution < 1.29 is 9.59 Å². The van der Waals surface area contributed by atoms with Crippen LogP contribution >= 0.6 is 0 Å². The van der Waals surface area contributed by atoms with Crippen molar-refractivity contribution in [3.05, 3.63) is 29.3 Å². The van der Waals surface area contributed by atoms with E-state index in [9.17, 15) is 9.59 Å². The summed E-state index contributed by atoms with van der Waals surface area (Å²) in [6.45, 7) is 6.33. The Bertz CT molecular complexity index is 554. The molecule has 1 aromatic carbocycles. The lowest BCUT2D eigenvalue weighted by Crippen LogP contribution is -2.63. The number of carbonyl (C=O) groups is 2. The van der Waals surface area contributed by atoms with Crippen molar-refractivity contribution in [1.82, 2.24) is 10.2 Å². The number of hydrogen-bond donors (Lipinski definition) is 3. The minimum atomic E-state index is -0.870. The summed E-state index contributed by atoms with van der Waals surface area (Å²) in [5, 5.41) is 2.78. The van der Waals surface area contributed by atoms with Crippen LogP contribution in [0.3, 0.4) is 0 Å². The predicted octanol–water partition coefficient (Wildman–Crippen LogP) is 0.631. The van der Waals surface area contributed by atoms with Crippen LogP contribution in [0, 0.1) is 6.92 Å². The maximum Gasteiger partial charge on any atom is 0.256 e. The number of nitrogens with two attached hydrogens (primary N) is 1. The van der Waals surface area contributed by atoms with Gasteiger partial charge >= 0.3 is 0 Å².